The first kappa shape index (κ1) is 11.8. The van der Waals surface area contributed by atoms with Gasteiger partial charge >= 0.3 is 0 Å². The number of nitrogens with zero attached hydrogens (tertiary/aromatic N) is 2. The van der Waals surface area contributed by atoms with Crippen LogP contribution in [0, 0.1) is 17.2 Å². The monoisotopic (exact) mass is 270 g/mol. The Morgan fingerprint density at radius 1 is 1.80 bits per heavy atom. The third-order valence-corrected chi connectivity index (χ3v) is 2.58. The number of hydrogen-bond acceptors (Lipinski definition) is 3. The highest BCUT2D eigenvalue weighted by Gasteiger charge is 2.18. The summed E-state index contributed by atoms with van der Waals surface area (Å²) in [6, 6.07) is 3.68. The van der Waals surface area contributed by atoms with Crippen LogP contribution < -0.4 is 0 Å². The van der Waals surface area contributed by atoms with Gasteiger partial charge in [0.2, 0.25) is 0 Å². The van der Waals surface area contributed by atoms with Crippen molar-refractivity contribution in [3.8, 4) is 6.07 Å². The Balaban J connectivity index is 2.70. The van der Waals surface area contributed by atoms with E-state index in [1.165, 1.54) is 11.2 Å². The number of hydrogen-bond donors (Lipinski definition) is 0. The molecule has 0 bridgehead atoms. The van der Waals surface area contributed by atoms with E-state index in [1.54, 1.807) is 20.0 Å². The van der Waals surface area contributed by atoms with Crippen LogP contribution in [0.1, 0.15) is 17.3 Å². The van der Waals surface area contributed by atoms with Gasteiger partial charge in [-0.3, -0.25) is 4.79 Å². The van der Waals surface area contributed by atoms with Crippen molar-refractivity contribution in [2.45, 2.75) is 6.92 Å². The fraction of sp³-hybridized carbons (Fsp3) is 0.400. The predicted octanol–water partition coefficient (Wildman–Crippen LogP) is 2.27. The van der Waals surface area contributed by atoms with E-state index in [1.807, 2.05) is 0 Å². The highest BCUT2D eigenvalue weighted by Crippen LogP contribution is 2.19. The molecular formula is C10H11BrN2O2. The van der Waals surface area contributed by atoms with Gasteiger partial charge in [-0.25, -0.2) is 0 Å². The van der Waals surface area contributed by atoms with Gasteiger partial charge in [0.05, 0.1) is 23.8 Å². The van der Waals surface area contributed by atoms with Crippen molar-refractivity contribution in [2.24, 2.45) is 5.92 Å². The van der Waals surface area contributed by atoms with Crippen LogP contribution in [-0.2, 0) is 0 Å². The van der Waals surface area contributed by atoms with E-state index in [0.717, 1.165) is 0 Å². The highest BCUT2D eigenvalue weighted by molar-refractivity contribution is 9.10. The summed E-state index contributed by atoms with van der Waals surface area (Å²) in [4.78, 5) is 13.3. The molecule has 0 aromatic carbocycles. The predicted molar refractivity (Wildman–Crippen MR) is 58.1 cm³/mol. The average molecular weight is 271 g/mol. The van der Waals surface area contributed by atoms with Gasteiger partial charge in [0.25, 0.3) is 5.91 Å². The minimum absolute atomic E-state index is 0.155. The van der Waals surface area contributed by atoms with Crippen LogP contribution in [-0.4, -0.2) is 24.4 Å². The third-order valence-electron chi connectivity index (χ3n) is 1.96. The molecule has 0 aliphatic carbocycles. The molecule has 0 N–H and O–H groups in total. The number of carbonyl (C=O) groups excluding carboxylic acids is 1. The third kappa shape index (κ3) is 2.83. The van der Waals surface area contributed by atoms with Crippen LogP contribution in [0.3, 0.4) is 0 Å². The fourth-order valence-electron chi connectivity index (χ4n) is 1.19. The first-order valence-corrected chi connectivity index (χ1v) is 5.23. The zero-order valence-corrected chi connectivity index (χ0v) is 10.1. The number of rotatable bonds is 3. The quantitative estimate of drug-likeness (QED) is 0.847. The normalized spacial score (nSPS) is 11.9. The lowest BCUT2D eigenvalue weighted by Crippen LogP contribution is -2.30. The number of nitriles is 1. The molecule has 4 nitrogen and oxygen atoms in total. The summed E-state index contributed by atoms with van der Waals surface area (Å²) in [5, 5.41) is 8.63. The van der Waals surface area contributed by atoms with Crippen LogP contribution >= 0.6 is 15.9 Å². The fourth-order valence-corrected chi connectivity index (χ4v) is 1.60. The van der Waals surface area contributed by atoms with Crippen molar-refractivity contribution in [1.82, 2.24) is 4.90 Å². The maximum absolute atomic E-state index is 11.8. The van der Waals surface area contributed by atoms with Gasteiger partial charge in [0, 0.05) is 13.6 Å². The van der Waals surface area contributed by atoms with Crippen molar-refractivity contribution in [3.05, 3.63) is 22.6 Å². The lowest BCUT2D eigenvalue weighted by atomic mass is 10.2. The van der Waals surface area contributed by atoms with Crippen LogP contribution in [0.4, 0.5) is 0 Å². The van der Waals surface area contributed by atoms with E-state index in [-0.39, 0.29) is 11.8 Å². The zero-order chi connectivity index (χ0) is 11.4. The molecule has 1 heterocycles. The molecule has 1 atom stereocenters. The second-order valence-electron chi connectivity index (χ2n) is 3.32. The summed E-state index contributed by atoms with van der Waals surface area (Å²) >= 11 is 3.14. The summed E-state index contributed by atoms with van der Waals surface area (Å²) in [6.45, 7) is 2.18. The van der Waals surface area contributed by atoms with Gasteiger partial charge < -0.3 is 9.32 Å². The summed E-state index contributed by atoms with van der Waals surface area (Å²) in [5.74, 6) is -0.331. The highest BCUT2D eigenvalue weighted by atomic mass is 79.9. The standard InChI is InChI=1S/C10H11BrN2O2/c1-7(5-12)6-13(2)10(14)8-3-4-15-9(8)11/h3-4,7H,6H2,1-2H3. The van der Waals surface area contributed by atoms with Crippen LogP contribution in [0.25, 0.3) is 0 Å². The number of amides is 1. The Bertz CT molecular complexity index is 394. The second-order valence-corrected chi connectivity index (χ2v) is 4.04. The van der Waals surface area contributed by atoms with Crippen LogP contribution in [0.5, 0.6) is 0 Å². The van der Waals surface area contributed by atoms with E-state index in [9.17, 15) is 4.79 Å². The maximum atomic E-state index is 11.8. The Morgan fingerprint density at radius 3 is 2.93 bits per heavy atom. The molecule has 5 heteroatoms. The smallest absolute Gasteiger partial charge is 0.258 e. The Kier molecular flexibility index (Phi) is 3.92. The molecule has 0 saturated carbocycles. The summed E-state index contributed by atoms with van der Waals surface area (Å²) in [7, 11) is 1.66. The van der Waals surface area contributed by atoms with Crippen molar-refractivity contribution < 1.29 is 9.21 Å². The van der Waals surface area contributed by atoms with Crippen molar-refractivity contribution in [1.29, 1.82) is 5.26 Å². The maximum Gasteiger partial charge on any atom is 0.258 e. The Morgan fingerprint density at radius 2 is 2.47 bits per heavy atom. The van der Waals surface area contributed by atoms with Crippen molar-refractivity contribution >= 4 is 21.8 Å². The molecule has 1 rings (SSSR count). The summed E-state index contributed by atoms with van der Waals surface area (Å²) < 4.78 is 5.39. The first-order valence-electron chi connectivity index (χ1n) is 4.44. The van der Waals surface area contributed by atoms with Gasteiger partial charge in [0.1, 0.15) is 0 Å². The Labute approximate surface area is 96.6 Å². The molecule has 1 aromatic rings. The molecule has 0 saturated heterocycles. The van der Waals surface area contributed by atoms with Gasteiger partial charge in [-0.15, -0.1) is 0 Å². The first-order chi connectivity index (χ1) is 7.06. The molecular weight excluding hydrogens is 260 g/mol. The van der Waals surface area contributed by atoms with E-state index >= 15 is 0 Å². The van der Waals surface area contributed by atoms with E-state index in [0.29, 0.717) is 16.8 Å². The molecule has 0 aliphatic heterocycles. The Hall–Kier alpha value is -1.28. The lowest BCUT2D eigenvalue weighted by Gasteiger charge is -2.17. The average Bonchev–Trinajstić information content (AvgIpc) is 2.63. The van der Waals surface area contributed by atoms with E-state index in [2.05, 4.69) is 22.0 Å². The topological polar surface area (TPSA) is 57.2 Å². The minimum atomic E-state index is -0.176. The van der Waals surface area contributed by atoms with Gasteiger partial charge in [-0.1, -0.05) is 0 Å². The number of carbonyl (C=O) groups is 1. The summed E-state index contributed by atoms with van der Waals surface area (Å²) in [5.41, 5.74) is 0.475. The number of furan rings is 1. The van der Waals surface area contributed by atoms with E-state index < -0.39 is 0 Å². The molecule has 0 spiro atoms. The second kappa shape index (κ2) is 4.99. The number of halogens is 1. The molecule has 0 aliphatic rings. The molecule has 1 aromatic heterocycles. The van der Waals surface area contributed by atoms with Gasteiger partial charge in [-0.2, -0.15) is 5.26 Å². The molecule has 0 radical (unpaired) electrons. The van der Waals surface area contributed by atoms with E-state index in [4.69, 9.17) is 9.68 Å². The van der Waals surface area contributed by atoms with Crippen LogP contribution in [0.15, 0.2) is 21.4 Å². The minimum Gasteiger partial charge on any atom is -0.457 e. The van der Waals surface area contributed by atoms with Crippen molar-refractivity contribution in [2.75, 3.05) is 13.6 Å². The van der Waals surface area contributed by atoms with Gasteiger partial charge in [0.15, 0.2) is 4.67 Å². The summed E-state index contributed by atoms with van der Waals surface area (Å²) in [6.07, 6.45) is 1.44. The molecule has 15 heavy (non-hydrogen) atoms. The molecule has 1 unspecified atom stereocenters. The molecule has 80 valence electrons. The SMILES string of the molecule is CC(C#N)CN(C)C(=O)c1ccoc1Br. The molecule has 0 fully saturated rings. The van der Waals surface area contributed by atoms with Crippen molar-refractivity contribution in [3.63, 3.8) is 0 Å². The van der Waals surface area contributed by atoms with Crippen LogP contribution in [0.2, 0.25) is 0 Å². The zero-order valence-electron chi connectivity index (χ0n) is 8.53. The lowest BCUT2D eigenvalue weighted by molar-refractivity contribution is 0.0783. The molecule has 1 amide bonds. The largest absolute Gasteiger partial charge is 0.457 e. The van der Waals surface area contributed by atoms with Gasteiger partial charge in [-0.05, 0) is 28.9 Å².